The van der Waals surface area contributed by atoms with Crippen molar-refractivity contribution in [3.63, 3.8) is 0 Å². The van der Waals surface area contributed by atoms with Gasteiger partial charge in [-0.3, -0.25) is 0 Å². The molecule has 0 saturated carbocycles. The average molecular weight is 210 g/mol. The third kappa shape index (κ3) is 2.68. The Kier molecular flexibility index (Phi) is 3.85. The van der Waals surface area contributed by atoms with Crippen LogP contribution in [0.1, 0.15) is 5.56 Å². The molecule has 0 aromatic heterocycles. The van der Waals surface area contributed by atoms with Crippen LogP contribution in [0.3, 0.4) is 0 Å². The molecule has 76 valence electrons. The third-order valence-electron chi connectivity index (χ3n) is 2.01. The van der Waals surface area contributed by atoms with E-state index in [-0.39, 0.29) is 6.61 Å². The zero-order valence-corrected chi connectivity index (χ0v) is 8.92. The molecule has 0 bridgehead atoms. The highest BCUT2D eigenvalue weighted by Crippen LogP contribution is 2.14. The Morgan fingerprint density at radius 1 is 1.57 bits per heavy atom. The smallest absolute Gasteiger partial charge is 0.104 e. The van der Waals surface area contributed by atoms with Gasteiger partial charge in [-0.15, -0.1) is 0 Å². The summed E-state index contributed by atoms with van der Waals surface area (Å²) in [5.74, 6) is 0. The number of rotatable bonds is 4. The number of hydrogen-bond acceptors (Lipinski definition) is 3. The maximum Gasteiger partial charge on any atom is 0.104 e. The van der Waals surface area contributed by atoms with E-state index in [2.05, 4.69) is 0 Å². The van der Waals surface area contributed by atoms with Crippen molar-refractivity contribution in [2.24, 2.45) is 5.73 Å². The number of likely N-dealkylation sites (N-methyl/N-ethyl adjacent to an activating group) is 1. The molecule has 0 amide bonds. The van der Waals surface area contributed by atoms with Gasteiger partial charge < -0.3 is 15.7 Å². The molecule has 0 radical (unpaired) electrons. The van der Waals surface area contributed by atoms with Crippen LogP contribution in [0, 0.1) is 0 Å². The van der Waals surface area contributed by atoms with Crippen LogP contribution >= 0.6 is 12.2 Å². The molecule has 1 aromatic carbocycles. The minimum absolute atomic E-state index is 0.133. The Bertz CT molecular complexity index is 328. The molecule has 4 heteroatoms. The quantitative estimate of drug-likeness (QED) is 0.720. The fourth-order valence-electron chi connectivity index (χ4n) is 1.18. The van der Waals surface area contributed by atoms with E-state index in [1.54, 1.807) is 0 Å². The molecular weight excluding hydrogens is 196 g/mol. The van der Waals surface area contributed by atoms with Gasteiger partial charge in [0.05, 0.1) is 6.61 Å². The van der Waals surface area contributed by atoms with Gasteiger partial charge in [0.25, 0.3) is 0 Å². The molecule has 0 heterocycles. The van der Waals surface area contributed by atoms with Gasteiger partial charge in [-0.25, -0.2) is 0 Å². The minimum Gasteiger partial charge on any atom is -0.395 e. The number of aliphatic hydroxyl groups excluding tert-OH is 1. The molecule has 0 aliphatic carbocycles. The Labute approximate surface area is 89.1 Å². The molecule has 0 aliphatic rings. The third-order valence-corrected chi connectivity index (χ3v) is 2.24. The van der Waals surface area contributed by atoms with Crippen molar-refractivity contribution in [2.45, 2.75) is 0 Å². The monoisotopic (exact) mass is 210 g/mol. The average Bonchev–Trinajstić information content (AvgIpc) is 2.18. The fourth-order valence-corrected chi connectivity index (χ4v) is 1.30. The van der Waals surface area contributed by atoms with Crippen LogP contribution in [-0.2, 0) is 0 Å². The summed E-state index contributed by atoms with van der Waals surface area (Å²) in [6.45, 7) is 0.731. The zero-order chi connectivity index (χ0) is 10.6. The fraction of sp³-hybridized carbons (Fsp3) is 0.300. The Hall–Kier alpha value is -1.13. The van der Waals surface area contributed by atoms with Crippen LogP contribution < -0.4 is 10.6 Å². The molecular formula is C10H14N2OS. The standard InChI is InChI=1S/C10H14N2OS/c1-12(5-6-13)9-4-2-3-8(7-9)10(11)14/h2-4,7,13H,5-6H2,1H3,(H2,11,14). The van der Waals surface area contributed by atoms with E-state index in [1.807, 2.05) is 36.2 Å². The molecule has 1 aromatic rings. The van der Waals surface area contributed by atoms with Gasteiger partial charge in [-0.1, -0.05) is 24.4 Å². The van der Waals surface area contributed by atoms with Gasteiger partial charge in [0.15, 0.2) is 0 Å². The summed E-state index contributed by atoms with van der Waals surface area (Å²) in [5, 5.41) is 8.78. The summed E-state index contributed by atoms with van der Waals surface area (Å²) in [5.41, 5.74) is 7.37. The molecule has 3 N–H and O–H groups in total. The van der Waals surface area contributed by atoms with Crippen LogP contribution in [0.5, 0.6) is 0 Å². The lowest BCUT2D eigenvalue weighted by Crippen LogP contribution is -2.21. The SMILES string of the molecule is CN(CCO)c1cccc(C(N)=S)c1. The van der Waals surface area contributed by atoms with Crippen LogP contribution in [0.2, 0.25) is 0 Å². The highest BCUT2D eigenvalue weighted by atomic mass is 32.1. The van der Waals surface area contributed by atoms with E-state index < -0.39 is 0 Å². The molecule has 14 heavy (non-hydrogen) atoms. The summed E-state index contributed by atoms with van der Waals surface area (Å²) in [4.78, 5) is 2.34. The highest BCUT2D eigenvalue weighted by molar-refractivity contribution is 7.80. The topological polar surface area (TPSA) is 49.5 Å². The van der Waals surface area contributed by atoms with Crippen LogP contribution in [0.25, 0.3) is 0 Å². The van der Waals surface area contributed by atoms with Crippen LogP contribution in [-0.4, -0.2) is 30.3 Å². The number of thiocarbonyl (C=S) groups is 1. The lowest BCUT2D eigenvalue weighted by Gasteiger charge is -2.18. The minimum atomic E-state index is 0.133. The van der Waals surface area contributed by atoms with Gasteiger partial charge in [0.1, 0.15) is 4.99 Å². The predicted molar refractivity (Wildman–Crippen MR) is 62.7 cm³/mol. The number of aliphatic hydroxyl groups is 1. The molecule has 3 nitrogen and oxygen atoms in total. The summed E-state index contributed by atoms with van der Waals surface area (Å²) < 4.78 is 0. The van der Waals surface area contributed by atoms with E-state index in [9.17, 15) is 0 Å². The molecule has 0 aliphatic heterocycles. The van der Waals surface area contributed by atoms with Crippen molar-refractivity contribution in [3.05, 3.63) is 29.8 Å². The Morgan fingerprint density at radius 2 is 2.29 bits per heavy atom. The summed E-state index contributed by atoms with van der Waals surface area (Å²) in [6.07, 6.45) is 0. The van der Waals surface area contributed by atoms with Crippen LogP contribution in [0.4, 0.5) is 5.69 Å². The van der Waals surface area contributed by atoms with E-state index in [0.717, 1.165) is 11.3 Å². The van der Waals surface area contributed by atoms with Crippen molar-refractivity contribution >= 4 is 22.9 Å². The molecule has 0 spiro atoms. The van der Waals surface area contributed by atoms with Gasteiger partial charge in [-0.2, -0.15) is 0 Å². The predicted octanol–water partition coefficient (Wildman–Crippen LogP) is 0.749. The zero-order valence-electron chi connectivity index (χ0n) is 8.10. The van der Waals surface area contributed by atoms with Gasteiger partial charge in [-0.05, 0) is 12.1 Å². The van der Waals surface area contributed by atoms with Crippen molar-refractivity contribution in [1.82, 2.24) is 0 Å². The maximum atomic E-state index is 8.78. The second-order valence-corrected chi connectivity index (χ2v) is 3.50. The largest absolute Gasteiger partial charge is 0.395 e. The van der Waals surface area contributed by atoms with E-state index in [4.69, 9.17) is 23.1 Å². The lowest BCUT2D eigenvalue weighted by atomic mass is 10.2. The summed E-state index contributed by atoms with van der Waals surface area (Å²) in [7, 11) is 1.91. The second kappa shape index (κ2) is 4.93. The Morgan fingerprint density at radius 3 is 2.86 bits per heavy atom. The maximum absolute atomic E-state index is 8.78. The normalized spacial score (nSPS) is 9.86. The molecule has 1 rings (SSSR count). The number of nitrogens with two attached hydrogens (primary N) is 1. The number of hydrogen-bond donors (Lipinski definition) is 2. The van der Waals surface area contributed by atoms with Crippen molar-refractivity contribution in [2.75, 3.05) is 25.1 Å². The van der Waals surface area contributed by atoms with Gasteiger partial charge in [0, 0.05) is 24.8 Å². The van der Waals surface area contributed by atoms with E-state index >= 15 is 0 Å². The van der Waals surface area contributed by atoms with Crippen molar-refractivity contribution < 1.29 is 5.11 Å². The van der Waals surface area contributed by atoms with E-state index in [1.165, 1.54) is 0 Å². The first kappa shape index (κ1) is 10.9. The van der Waals surface area contributed by atoms with Crippen molar-refractivity contribution in [3.8, 4) is 0 Å². The number of benzene rings is 1. The first-order chi connectivity index (χ1) is 6.65. The van der Waals surface area contributed by atoms with Crippen LogP contribution in [0.15, 0.2) is 24.3 Å². The number of nitrogens with zero attached hydrogens (tertiary/aromatic N) is 1. The van der Waals surface area contributed by atoms with Gasteiger partial charge >= 0.3 is 0 Å². The Balaban J connectivity index is 2.87. The first-order valence-electron chi connectivity index (χ1n) is 4.37. The molecule has 0 unspecified atom stereocenters. The second-order valence-electron chi connectivity index (χ2n) is 3.06. The molecule has 0 fully saturated rings. The molecule has 0 saturated heterocycles. The highest BCUT2D eigenvalue weighted by Gasteiger charge is 2.02. The van der Waals surface area contributed by atoms with Crippen molar-refractivity contribution in [1.29, 1.82) is 0 Å². The lowest BCUT2D eigenvalue weighted by molar-refractivity contribution is 0.304. The first-order valence-corrected chi connectivity index (χ1v) is 4.78. The summed E-state index contributed by atoms with van der Waals surface area (Å²) in [6, 6.07) is 7.64. The molecule has 0 atom stereocenters. The van der Waals surface area contributed by atoms with Gasteiger partial charge in [0.2, 0.25) is 0 Å². The van der Waals surface area contributed by atoms with E-state index in [0.29, 0.717) is 11.5 Å². The number of anilines is 1. The summed E-state index contributed by atoms with van der Waals surface area (Å²) >= 11 is 4.88.